The van der Waals surface area contributed by atoms with Crippen molar-refractivity contribution in [2.24, 2.45) is 0 Å². The van der Waals surface area contributed by atoms with Crippen molar-refractivity contribution in [2.45, 2.75) is 25.9 Å². The first kappa shape index (κ1) is 13.4. The Balaban J connectivity index is 2.54. The molecule has 17 heavy (non-hydrogen) atoms. The highest BCUT2D eigenvalue weighted by Gasteiger charge is 2.14. The SMILES string of the molecule is CC(CO)N(C)C(=O)CCn1ccccc1=O. The highest BCUT2D eigenvalue weighted by atomic mass is 16.3. The van der Waals surface area contributed by atoms with Crippen molar-refractivity contribution in [3.05, 3.63) is 34.7 Å². The first-order valence-electron chi connectivity index (χ1n) is 5.58. The van der Waals surface area contributed by atoms with Crippen LogP contribution >= 0.6 is 0 Å². The summed E-state index contributed by atoms with van der Waals surface area (Å²) in [6.07, 6.45) is 1.91. The number of carbonyl (C=O) groups excluding carboxylic acids is 1. The zero-order chi connectivity index (χ0) is 12.8. The van der Waals surface area contributed by atoms with Crippen molar-refractivity contribution < 1.29 is 9.90 Å². The fourth-order valence-corrected chi connectivity index (χ4v) is 1.41. The van der Waals surface area contributed by atoms with Crippen molar-refractivity contribution in [3.8, 4) is 0 Å². The largest absolute Gasteiger partial charge is 0.394 e. The zero-order valence-corrected chi connectivity index (χ0v) is 10.2. The molecule has 1 heterocycles. The molecule has 1 rings (SSSR count). The number of aliphatic hydroxyl groups is 1. The first-order chi connectivity index (χ1) is 8.06. The maximum absolute atomic E-state index is 11.7. The fraction of sp³-hybridized carbons (Fsp3) is 0.500. The van der Waals surface area contributed by atoms with E-state index in [2.05, 4.69) is 0 Å². The van der Waals surface area contributed by atoms with E-state index < -0.39 is 0 Å². The van der Waals surface area contributed by atoms with E-state index in [1.807, 2.05) is 0 Å². The molecule has 1 aromatic rings. The van der Waals surface area contributed by atoms with E-state index in [0.29, 0.717) is 6.54 Å². The average Bonchev–Trinajstić information content (AvgIpc) is 2.35. The number of aliphatic hydroxyl groups excluding tert-OH is 1. The van der Waals surface area contributed by atoms with Crippen LogP contribution in [0.4, 0.5) is 0 Å². The lowest BCUT2D eigenvalue weighted by atomic mass is 10.2. The maximum Gasteiger partial charge on any atom is 0.250 e. The number of rotatable bonds is 5. The van der Waals surface area contributed by atoms with Crippen LogP contribution in [0.1, 0.15) is 13.3 Å². The van der Waals surface area contributed by atoms with Crippen molar-refractivity contribution in [2.75, 3.05) is 13.7 Å². The Bertz CT molecular complexity index is 428. The second-order valence-corrected chi connectivity index (χ2v) is 4.02. The van der Waals surface area contributed by atoms with Gasteiger partial charge in [-0.2, -0.15) is 0 Å². The third-order valence-corrected chi connectivity index (χ3v) is 2.78. The molecular formula is C12H18N2O3. The minimum absolute atomic E-state index is 0.0620. The van der Waals surface area contributed by atoms with Crippen LogP contribution in [0.5, 0.6) is 0 Å². The second-order valence-electron chi connectivity index (χ2n) is 4.02. The quantitative estimate of drug-likeness (QED) is 0.790. The number of likely N-dealkylation sites (N-methyl/N-ethyl adjacent to an activating group) is 1. The highest BCUT2D eigenvalue weighted by Crippen LogP contribution is 1.99. The van der Waals surface area contributed by atoms with E-state index in [-0.39, 0.29) is 30.5 Å². The fourth-order valence-electron chi connectivity index (χ4n) is 1.41. The summed E-state index contributed by atoms with van der Waals surface area (Å²) in [5.41, 5.74) is -0.113. The van der Waals surface area contributed by atoms with Crippen molar-refractivity contribution >= 4 is 5.91 Å². The Morgan fingerprint density at radius 3 is 2.82 bits per heavy atom. The third-order valence-electron chi connectivity index (χ3n) is 2.78. The van der Waals surface area contributed by atoms with Gasteiger partial charge in [0.2, 0.25) is 5.91 Å². The molecule has 0 radical (unpaired) electrons. The molecule has 0 saturated heterocycles. The van der Waals surface area contributed by atoms with Crippen molar-refractivity contribution in [3.63, 3.8) is 0 Å². The molecule has 0 aliphatic carbocycles. The molecule has 0 aromatic carbocycles. The summed E-state index contributed by atoms with van der Waals surface area (Å²) in [6.45, 7) is 2.07. The summed E-state index contributed by atoms with van der Waals surface area (Å²) in [5.74, 6) is -0.0812. The van der Waals surface area contributed by atoms with Crippen molar-refractivity contribution in [1.29, 1.82) is 0 Å². The van der Waals surface area contributed by atoms with Crippen LogP contribution in [-0.2, 0) is 11.3 Å². The van der Waals surface area contributed by atoms with Crippen molar-refractivity contribution in [1.82, 2.24) is 9.47 Å². The number of aryl methyl sites for hydroxylation is 1. The van der Waals surface area contributed by atoms with Crippen LogP contribution in [0, 0.1) is 0 Å². The Labute approximate surface area is 100 Å². The Kier molecular flexibility index (Phi) is 4.90. The normalized spacial score (nSPS) is 12.2. The lowest BCUT2D eigenvalue weighted by molar-refractivity contribution is -0.132. The smallest absolute Gasteiger partial charge is 0.250 e. The summed E-state index contributed by atoms with van der Waals surface area (Å²) >= 11 is 0. The number of hydrogen-bond acceptors (Lipinski definition) is 3. The minimum atomic E-state index is -0.199. The van der Waals surface area contributed by atoms with Gasteiger partial charge < -0.3 is 14.6 Å². The molecule has 5 heteroatoms. The minimum Gasteiger partial charge on any atom is -0.394 e. The predicted molar refractivity (Wildman–Crippen MR) is 64.6 cm³/mol. The van der Waals surface area contributed by atoms with Gasteiger partial charge in [0.1, 0.15) is 0 Å². The molecule has 0 saturated carbocycles. The van der Waals surface area contributed by atoms with Crippen LogP contribution in [-0.4, -0.2) is 40.2 Å². The molecule has 0 aliphatic heterocycles. The zero-order valence-electron chi connectivity index (χ0n) is 10.2. The van der Waals surface area contributed by atoms with Crippen LogP contribution in [0.25, 0.3) is 0 Å². The molecule has 1 unspecified atom stereocenters. The molecule has 1 amide bonds. The Morgan fingerprint density at radius 2 is 2.24 bits per heavy atom. The summed E-state index contributed by atoms with van der Waals surface area (Å²) < 4.78 is 1.50. The molecule has 0 bridgehead atoms. The molecule has 94 valence electrons. The second kappa shape index (κ2) is 6.20. The van der Waals surface area contributed by atoms with Gasteiger partial charge >= 0.3 is 0 Å². The van der Waals surface area contributed by atoms with Crippen LogP contribution in [0.2, 0.25) is 0 Å². The van der Waals surface area contributed by atoms with E-state index in [4.69, 9.17) is 5.11 Å². The first-order valence-corrected chi connectivity index (χ1v) is 5.58. The van der Waals surface area contributed by atoms with Gasteiger partial charge in [0, 0.05) is 32.3 Å². The number of hydrogen-bond donors (Lipinski definition) is 1. The number of amides is 1. The molecular weight excluding hydrogens is 220 g/mol. The van der Waals surface area contributed by atoms with E-state index >= 15 is 0 Å². The topological polar surface area (TPSA) is 62.5 Å². The third kappa shape index (κ3) is 3.71. The number of aromatic nitrogens is 1. The van der Waals surface area contributed by atoms with Gasteiger partial charge in [0.15, 0.2) is 0 Å². The summed E-state index contributed by atoms with van der Waals surface area (Å²) in [6, 6.07) is 4.69. The standard InChI is InChI=1S/C12H18N2O3/c1-10(9-15)13(2)11(16)6-8-14-7-4-3-5-12(14)17/h3-5,7,10,15H,6,8-9H2,1-2H3. The van der Waals surface area contributed by atoms with E-state index in [1.165, 1.54) is 15.5 Å². The number of carbonyl (C=O) groups is 1. The van der Waals surface area contributed by atoms with Gasteiger partial charge in [-0.05, 0) is 13.0 Å². The molecule has 5 nitrogen and oxygen atoms in total. The Morgan fingerprint density at radius 1 is 1.53 bits per heavy atom. The predicted octanol–water partition coefficient (Wildman–Crippen LogP) is 0.0776. The van der Waals surface area contributed by atoms with Gasteiger partial charge in [-0.1, -0.05) is 6.07 Å². The molecule has 1 N–H and O–H groups in total. The average molecular weight is 238 g/mol. The van der Waals surface area contributed by atoms with E-state index in [9.17, 15) is 9.59 Å². The highest BCUT2D eigenvalue weighted by molar-refractivity contribution is 5.76. The van der Waals surface area contributed by atoms with Crippen LogP contribution in [0.15, 0.2) is 29.2 Å². The van der Waals surface area contributed by atoms with E-state index in [0.717, 1.165) is 0 Å². The molecule has 1 aromatic heterocycles. The molecule has 0 spiro atoms. The number of nitrogens with zero attached hydrogens (tertiary/aromatic N) is 2. The van der Waals surface area contributed by atoms with Gasteiger partial charge in [-0.3, -0.25) is 9.59 Å². The summed E-state index contributed by atoms with van der Waals surface area (Å²) in [4.78, 5) is 24.6. The maximum atomic E-state index is 11.7. The molecule has 0 aliphatic rings. The molecule has 0 fully saturated rings. The summed E-state index contributed by atoms with van der Waals surface area (Å²) in [7, 11) is 1.65. The number of pyridine rings is 1. The lowest BCUT2D eigenvalue weighted by Crippen LogP contribution is -2.38. The Hall–Kier alpha value is -1.62. The van der Waals surface area contributed by atoms with Gasteiger partial charge in [0.25, 0.3) is 5.56 Å². The molecule has 1 atom stereocenters. The monoisotopic (exact) mass is 238 g/mol. The summed E-state index contributed by atoms with van der Waals surface area (Å²) in [5, 5.41) is 8.93. The van der Waals surface area contributed by atoms with Gasteiger partial charge in [-0.25, -0.2) is 0 Å². The van der Waals surface area contributed by atoms with E-state index in [1.54, 1.807) is 32.3 Å². The lowest BCUT2D eigenvalue weighted by Gasteiger charge is -2.23. The van der Waals surface area contributed by atoms with Gasteiger partial charge in [-0.15, -0.1) is 0 Å². The van der Waals surface area contributed by atoms with Crippen LogP contribution < -0.4 is 5.56 Å². The van der Waals surface area contributed by atoms with Crippen LogP contribution in [0.3, 0.4) is 0 Å². The van der Waals surface area contributed by atoms with Gasteiger partial charge in [0.05, 0.1) is 12.6 Å².